The Labute approximate surface area is 107 Å². The van der Waals surface area contributed by atoms with Gasteiger partial charge < -0.3 is 4.74 Å². The molecule has 0 radical (unpaired) electrons. The maximum absolute atomic E-state index is 11.2. The van der Waals surface area contributed by atoms with Crippen molar-refractivity contribution in [2.45, 2.75) is 0 Å². The summed E-state index contributed by atoms with van der Waals surface area (Å²) in [4.78, 5) is 23.6. The van der Waals surface area contributed by atoms with Crippen LogP contribution in [0.5, 0.6) is 5.75 Å². The first-order valence-electron chi connectivity index (χ1n) is 5.09. The summed E-state index contributed by atoms with van der Waals surface area (Å²) in [6, 6.07) is 7.42. The Hall–Kier alpha value is -1.62. The van der Waals surface area contributed by atoms with E-state index >= 15 is 0 Å². The van der Waals surface area contributed by atoms with E-state index in [1.165, 1.54) is 12.2 Å². The lowest BCUT2D eigenvalue weighted by Gasteiger charge is -2.14. The van der Waals surface area contributed by atoms with Crippen molar-refractivity contribution in [1.82, 2.24) is 4.90 Å². The third-order valence-electron chi connectivity index (χ3n) is 2.31. The second-order valence-corrected chi connectivity index (χ2v) is 4.29. The lowest BCUT2D eigenvalue weighted by atomic mass is 10.3. The molecule has 2 rings (SSSR count). The van der Waals surface area contributed by atoms with Gasteiger partial charge in [-0.25, -0.2) is 0 Å². The predicted octanol–water partition coefficient (Wildman–Crippen LogP) is 1.75. The zero-order valence-electron chi connectivity index (χ0n) is 8.93. The topological polar surface area (TPSA) is 46.6 Å². The fourth-order valence-corrected chi connectivity index (χ4v) is 1.86. The van der Waals surface area contributed by atoms with Crippen LogP contribution in [-0.2, 0) is 9.59 Å². The normalized spacial score (nSPS) is 14.5. The maximum Gasteiger partial charge on any atom is 0.253 e. The summed E-state index contributed by atoms with van der Waals surface area (Å²) < 4.78 is 6.32. The average molecular weight is 296 g/mol. The first-order chi connectivity index (χ1) is 8.18. The third kappa shape index (κ3) is 2.74. The van der Waals surface area contributed by atoms with E-state index in [-0.39, 0.29) is 25.0 Å². The highest BCUT2D eigenvalue weighted by Gasteiger charge is 2.22. The molecule has 0 saturated heterocycles. The molecular weight excluding hydrogens is 286 g/mol. The molecule has 0 aromatic heterocycles. The van der Waals surface area contributed by atoms with Gasteiger partial charge in [-0.15, -0.1) is 0 Å². The molecule has 1 aliphatic heterocycles. The van der Waals surface area contributed by atoms with Crippen molar-refractivity contribution >= 4 is 27.7 Å². The minimum absolute atomic E-state index is 0.256. The number of halogens is 1. The number of imide groups is 1. The monoisotopic (exact) mass is 295 g/mol. The van der Waals surface area contributed by atoms with Gasteiger partial charge in [0.15, 0.2) is 0 Å². The quantitative estimate of drug-likeness (QED) is 0.795. The average Bonchev–Trinajstić information content (AvgIpc) is 2.63. The van der Waals surface area contributed by atoms with Crippen LogP contribution in [0.2, 0.25) is 0 Å². The van der Waals surface area contributed by atoms with Crippen molar-refractivity contribution in [1.29, 1.82) is 0 Å². The number of benzene rings is 1. The molecule has 0 bridgehead atoms. The summed E-state index contributed by atoms with van der Waals surface area (Å²) in [6.45, 7) is 0.535. The van der Waals surface area contributed by atoms with E-state index in [2.05, 4.69) is 15.9 Å². The van der Waals surface area contributed by atoms with Crippen molar-refractivity contribution in [3.8, 4) is 5.75 Å². The second-order valence-electron chi connectivity index (χ2n) is 3.44. The molecule has 2 amide bonds. The molecule has 4 nitrogen and oxygen atoms in total. The number of amides is 2. The summed E-state index contributed by atoms with van der Waals surface area (Å²) >= 11 is 3.35. The SMILES string of the molecule is O=C1C=CC(=O)N1CCOc1ccccc1Br. The highest BCUT2D eigenvalue weighted by molar-refractivity contribution is 9.10. The summed E-state index contributed by atoms with van der Waals surface area (Å²) in [7, 11) is 0. The van der Waals surface area contributed by atoms with Gasteiger partial charge >= 0.3 is 0 Å². The minimum atomic E-state index is -0.286. The van der Waals surface area contributed by atoms with Crippen molar-refractivity contribution in [3.05, 3.63) is 40.9 Å². The first-order valence-corrected chi connectivity index (χ1v) is 5.88. The van der Waals surface area contributed by atoms with Crippen LogP contribution in [0.4, 0.5) is 0 Å². The highest BCUT2D eigenvalue weighted by Crippen LogP contribution is 2.23. The van der Waals surface area contributed by atoms with Crippen LogP contribution in [-0.4, -0.2) is 29.9 Å². The van der Waals surface area contributed by atoms with Gasteiger partial charge in [-0.05, 0) is 28.1 Å². The van der Waals surface area contributed by atoms with Crippen molar-refractivity contribution in [2.24, 2.45) is 0 Å². The highest BCUT2D eigenvalue weighted by atomic mass is 79.9. The van der Waals surface area contributed by atoms with E-state index in [9.17, 15) is 9.59 Å². The molecule has 88 valence electrons. The molecule has 0 N–H and O–H groups in total. The molecule has 0 saturated carbocycles. The molecule has 1 heterocycles. The van der Waals surface area contributed by atoms with Crippen LogP contribution in [0, 0.1) is 0 Å². The Balaban J connectivity index is 1.86. The first kappa shape index (κ1) is 11.9. The van der Waals surface area contributed by atoms with Crippen LogP contribution in [0.3, 0.4) is 0 Å². The number of rotatable bonds is 4. The standard InChI is InChI=1S/C12H10BrNO3/c13-9-3-1-2-4-10(9)17-8-7-14-11(15)5-6-12(14)16/h1-6H,7-8H2. The molecule has 0 aliphatic carbocycles. The number of ether oxygens (including phenoxy) is 1. The molecule has 0 unspecified atom stereocenters. The number of hydrogen-bond donors (Lipinski definition) is 0. The molecule has 5 heteroatoms. The smallest absolute Gasteiger partial charge is 0.253 e. The largest absolute Gasteiger partial charge is 0.491 e. The van der Waals surface area contributed by atoms with Crippen LogP contribution in [0.15, 0.2) is 40.9 Å². The van der Waals surface area contributed by atoms with Crippen molar-refractivity contribution in [3.63, 3.8) is 0 Å². The van der Waals surface area contributed by atoms with Crippen LogP contribution < -0.4 is 4.74 Å². The minimum Gasteiger partial charge on any atom is -0.491 e. The zero-order valence-corrected chi connectivity index (χ0v) is 10.5. The van der Waals surface area contributed by atoms with Crippen molar-refractivity contribution in [2.75, 3.05) is 13.2 Å². The fraction of sp³-hybridized carbons (Fsp3) is 0.167. The Bertz CT molecular complexity index is 466. The number of para-hydroxylation sites is 1. The van der Waals surface area contributed by atoms with E-state index in [1.807, 2.05) is 24.3 Å². The van der Waals surface area contributed by atoms with E-state index in [0.29, 0.717) is 5.75 Å². The number of hydrogen-bond acceptors (Lipinski definition) is 3. The van der Waals surface area contributed by atoms with Gasteiger partial charge in [-0.1, -0.05) is 12.1 Å². The van der Waals surface area contributed by atoms with E-state index in [4.69, 9.17) is 4.74 Å². The summed E-state index contributed by atoms with van der Waals surface area (Å²) in [5, 5.41) is 0. The van der Waals surface area contributed by atoms with Gasteiger partial charge in [0.1, 0.15) is 12.4 Å². The lowest BCUT2D eigenvalue weighted by molar-refractivity contribution is -0.137. The van der Waals surface area contributed by atoms with Gasteiger partial charge in [0, 0.05) is 12.2 Å². The van der Waals surface area contributed by atoms with Crippen LogP contribution in [0.25, 0.3) is 0 Å². The molecule has 1 aromatic carbocycles. The van der Waals surface area contributed by atoms with Crippen molar-refractivity contribution < 1.29 is 14.3 Å². The predicted molar refractivity (Wildman–Crippen MR) is 65.5 cm³/mol. The number of carbonyl (C=O) groups is 2. The molecule has 0 spiro atoms. The van der Waals surface area contributed by atoms with Gasteiger partial charge in [-0.3, -0.25) is 14.5 Å². The van der Waals surface area contributed by atoms with Crippen LogP contribution in [0.1, 0.15) is 0 Å². The van der Waals surface area contributed by atoms with Gasteiger partial charge in [0.05, 0.1) is 11.0 Å². The zero-order chi connectivity index (χ0) is 12.3. The molecule has 0 fully saturated rings. The molecule has 1 aliphatic rings. The van der Waals surface area contributed by atoms with E-state index < -0.39 is 0 Å². The molecule has 17 heavy (non-hydrogen) atoms. The Kier molecular flexibility index (Phi) is 3.58. The molecular formula is C12H10BrNO3. The lowest BCUT2D eigenvalue weighted by Crippen LogP contribution is -2.33. The Morgan fingerprint density at radius 3 is 2.41 bits per heavy atom. The van der Waals surface area contributed by atoms with Gasteiger partial charge in [0.2, 0.25) is 0 Å². The molecule has 0 atom stereocenters. The maximum atomic E-state index is 11.2. The van der Waals surface area contributed by atoms with Gasteiger partial charge in [0.25, 0.3) is 11.8 Å². The second kappa shape index (κ2) is 5.14. The van der Waals surface area contributed by atoms with E-state index in [1.54, 1.807) is 0 Å². The fourth-order valence-electron chi connectivity index (χ4n) is 1.46. The summed E-state index contributed by atoms with van der Waals surface area (Å²) in [5.41, 5.74) is 0. The van der Waals surface area contributed by atoms with Gasteiger partial charge in [-0.2, -0.15) is 0 Å². The Morgan fingerprint density at radius 2 is 1.76 bits per heavy atom. The number of carbonyl (C=O) groups excluding carboxylic acids is 2. The summed E-state index contributed by atoms with van der Waals surface area (Å²) in [6.07, 6.45) is 2.53. The number of nitrogens with zero attached hydrogens (tertiary/aromatic N) is 1. The third-order valence-corrected chi connectivity index (χ3v) is 2.96. The van der Waals surface area contributed by atoms with E-state index in [0.717, 1.165) is 9.37 Å². The van der Waals surface area contributed by atoms with Crippen LogP contribution >= 0.6 is 15.9 Å². The Morgan fingerprint density at radius 1 is 1.12 bits per heavy atom. The summed E-state index contributed by atoms with van der Waals surface area (Å²) in [5.74, 6) is 0.121. The molecule has 1 aromatic rings.